The Bertz CT molecular complexity index is 148. The summed E-state index contributed by atoms with van der Waals surface area (Å²) in [5, 5.41) is 0. The van der Waals surface area contributed by atoms with Crippen molar-refractivity contribution in [3.8, 4) is 0 Å². The maximum absolute atomic E-state index is 10.6. The van der Waals surface area contributed by atoms with Crippen molar-refractivity contribution in [2.75, 3.05) is 7.11 Å². The highest BCUT2D eigenvalue weighted by Gasteiger charge is 2.22. The third kappa shape index (κ3) is 2.33. The highest BCUT2D eigenvalue weighted by atomic mass is 35.5. The molecule has 0 heterocycles. The molecule has 0 spiro atoms. The van der Waals surface area contributed by atoms with Crippen LogP contribution in [0, 0.1) is 0 Å². The molecule has 0 fully saturated rings. The number of ether oxygens (including phenoxy) is 1. The van der Waals surface area contributed by atoms with Crippen LogP contribution in [-0.2, 0) is 14.3 Å². The van der Waals surface area contributed by atoms with Crippen LogP contribution in [-0.4, -0.2) is 24.9 Å². The summed E-state index contributed by atoms with van der Waals surface area (Å²) in [7, 11) is 1.19. The number of rotatable bonds is 3. The van der Waals surface area contributed by atoms with Gasteiger partial charge in [-0.05, 0) is 18.7 Å². The molecule has 1 unspecified atom stereocenters. The monoisotopic (exact) mass is 165 g/mol. The lowest BCUT2D eigenvalue weighted by Crippen LogP contribution is -2.38. The molecule has 0 aromatic carbocycles. The van der Waals surface area contributed by atoms with Crippen molar-refractivity contribution in [2.24, 2.45) is 0 Å². The minimum absolute atomic E-state index is 0.373. The molecule has 0 aromatic heterocycles. The van der Waals surface area contributed by atoms with Crippen LogP contribution in [0.5, 0.6) is 0 Å². The van der Waals surface area contributed by atoms with Gasteiger partial charge in [-0.15, -0.1) is 0 Å². The standard InChI is InChI=1S/C5H8ClNO3/c1-3(8)4(7-6)5(9)10-2/h4,7H,1-2H3. The highest BCUT2D eigenvalue weighted by molar-refractivity contribution is 6.18. The molecule has 0 bridgehead atoms. The Morgan fingerprint density at radius 1 is 1.60 bits per heavy atom. The largest absolute Gasteiger partial charge is 0.467 e. The molecule has 5 heteroatoms. The number of Topliss-reactive ketones (excluding diaryl/α,β-unsaturated/α-hetero) is 1. The van der Waals surface area contributed by atoms with Gasteiger partial charge in [-0.25, -0.2) is 9.63 Å². The average Bonchev–Trinajstić information content (AvgIpc) is 1.88. The number of nitrogens with one attached hydrogen (secondary N) is 1. The molecule has 58 valence electrons. The molecule has 1 atom stereocenters. The van der Waals surface area contributed by atoms with Crippen LogP contribution in [0.4, 0.5) is 0 Å². The van der Waals surface area contributed by atoms with Crippen LogP contribution in [0.25, 0.3) is 0 Å². The minimum atomic E-state index is -1.05. The summed E-state index contributed by atoms with van der Waals surface area (Å²) in [5.41, 5.74) is 0. The van der Waals surface area contributed by atoms with Gasteiger partial charge in [-0.2, -0.15) is 0 Å². The fraction of sp³-hybridized carbons (Fsp3) is 0.600. The summed E-state index contributed by atoms with van der Waals surface area (Å²) in [6.07, 6.45) is 0. The third-order valence-electron chi connectivity index (χ3n) is 0.953. The fourth-order valence-corrected chi connectivity index (χ4v) is 0.648. The Balaban J connectivity index is 4.06. The lowest BCUT2D eigenvalue weighted by molar-refractivity contribution is -0.145. The summed E-state index contributed by atoms with van der Waals surface area (Å²) in [5.74, 6) is -1.05. The van der Waals surface area contributed by atoms with Gasteiger partial charge in [-0.1, -0.05) is 0 Å². The maximum atomic E-state index is 10.6. The van der Waals surface area contributed by atoms with Crippen LogP contribution in [0.3, 0.4) is 0 Å². The summed E-state index contributed by atoms with van der Waals surface area (Å²) in [4.78, 5) is 23.1. The van der Waals surface area contributed by atoms with E-state index in [0.29, 0.717) is 0 Å². The molecule has 0 saturated carbocycles. The summed E-state index contributed by atoms with van der Waals surface area (Å²) < 4.78 is 4.26. The molecule has 0 saturated heterocycles. The third-order valence-corrected chi connectivity index (χ3v) is 1.17. The van der Waals surface area contributed by atoms with E-state index in [9.17, 15) is 9.59 Å². The van der Waals surface area contributed by atoms with Gasteiger partial charge in [0.25, 0.3) is 0 Å². The molecule has 1 N–H and O–H groups in total. The first kappa shape index (κ1) is 9.39. The first-order valence-electron chi connectivity index (χ1n) is 2.58. The van der Waals surface area contributed by atoms with Crippen LogP contribution < -0.4 is 4.84 Å². The molecule has 0 radical (unpaired) electrons. The van der Waals surface area contributed by atoms with Crippen LogP contribution in [0.2, 0.25) is 0 Å². The van der Waals surface area contributed by atoms with E-state index in [0.717, 1.165) is 0 Å². The smallest absolute Gasteiger partial charge is 0.331 e. The van der Waals surface area contributed by atoms with E-state index in [1.807, 2.05) is 4.84 Å². The molecular formula is C5H8ClNO3. The Morgan fingerprint density at radius 2 is 2.10 bits per heavy atom. The van der Waals surface area contributed by atoms with Crippen LogP contribution >= 0.6 is 11.8 Å². The number of carbonyl (C=O) groups excluding carboxylic acids is 2. The first-order chi connectivity index (χ1) is 4.63. The second kappa shape index (κ2) is 4.24. The zero-order valence-corrected chi connectivity index (χ0v) is 6.44. The van der Waals surface area contributed by atoms with Gasteiger partial charge in [0.15, 0.2) is 11.8 Å². The SMILES string of the molecule is COC(=O)C(NCl)C(C)=O. The number of hydrogen-bond acceptors (Lipinski definition) is 4. The number of esters is 1. The van der Waals surface area contributed by atoms with Gasteiger partial charge >= 0.3 is 5.97 Å². The predicted octanol–water partition coefficient (Wildman–Crippen LogP) is -0.140. The van der Waals surface area contributed by atoms with Crippen molar-refractivity contribution in [2.45, 2.75) is 13.0 Å². The number of hydrogen-bond donors (Lipinski definition) is 1. The number of ketones is 1. The Hall–Kier alpha value is -0.610. The van der Waals surface area contributed by atoms with Gasteiger partial charge in [0, 0.05) is 0 Å². The molecule has 4 nitrogen and oxygen atoms in total. The molecule has 0 rings (SSSR count). The second-order valence-corrected chi connectivity index (χ2v) is 1.89. The van der Waals surface area contributed by atoms with Crippen molar-refractivity contribution < 1.29 is 14.3 Å². The van der Waals surface area contributed by atoms with E-state index in [1.54, 1.807) is 0 Å². The summed E-state index contributed by atoms with van der Waals surface area (Å²) in [6, 6.07) is -1.05. The van der Waals surface area contributed by atoms with E-state index in [2.05, 4.69) is 4.74 Å². The molecule has 0 aromatic rings. The molecule has 0 aliphatic carbocycles. The lowest BCUT2D eigenvalue weighted by Gasteiger charge is -2.06. The maximum Gasteiger partial charge on any atom is 0.331 e. The fourth-order valence-electron chi connectivity index (χ4n) is 0.405. The van der Waals surface area contributed by atoms with Crippen LogP contribution in [0.1, 0.15) is 6.92 Å². The molecule has 0 aliphatic heterocycles. The van der Waals surface area contributed by atoms with E-state index >= 15 is 0 Å². The van der Waals surface area contributed by atoms with Crippen molar-refractivity contribution >= 4 is 23.5 Å². The van der Waals surface area contributed by atoms with Gasteiger partial charge in [0.05, 0.1) is 7.11 Å². The normalized spacial score (nSPS) is 12.3. The Labute approximate surface area is 63.6 Å². The minimum Gasteiger partial charge on any atom is -0.467 e. The number of methoxy groups -OCH3 is 1. The molecular weight excluding hydrogens is 158 g/mol. The highest BCUT2D eigenvalue weighted by Crippen LogP contribution is 1.90. The topological polar surface area (TPSA) is 55.4 Å². The van der Waals surface area contributed by atoms with E-state index in [1.165, 1.54) is 14.0 Å². The van der Waals surface area contributed by atoms with Gasteiger partial charge in [-0.3, -0.25) is 4.79 Å². The van der Waals surface area contributed by atoms with Crippen molar-refractivity contribution in [3.63, 3.8) is 0 Å². The molecule has 0 amide bonds. The number of carbonyl (C=O) groups is 2. The molecule has 0 aliphatic rings. The zero-order chi connectivity index (χ0) is 8.15. The first-order valence-corrected chi connectivity index (χ1v) is 2.95. The second-order valence-electron chi connectivity index (χ2n) is 1.68. The Kier molecular flexibility index (Phi) is 3.99. The molecule has 10 heavy (non-hydrogen) atoms. The quantitative estimate of drug-likeness (QED) is 0.359. The van der Waals surface area contributed by atoms with Crippen molar-refractivity contribution in [3.05, 3.63) is 0 Å². The van der Waals surface area contributed by atoms with E-state index in [-0.39, 0.29) is 5.78 Å². The lowest BCUT2D eigenvalue weighted by atomic mass is 10.2. The predicted molar refractivity (Wildman–Crippen MR) is 35.5 cm³/mol. The van der Waals surface area contributed by atoms with E-state index in [4.69, 9.17) is 11.8 Å². The zero-order valence-electron chi connectivity index (χ0n) is 5.68. The number of halogens is 1. The average molecular weight is 166 g/mol. The van der Waals surface area contributed by atoms with Crippen molar-refractivity contribution in [1.29, 1.82) is 0 Å². The Morgan fingerprint density at radius 3 is 2.20 bits per heavy atom. The van der Waals surface area contributed by atoms with Gasteiger partial charge < -0.3 is 4.74 Å². The van der Waals surface area contributed by atoms with Gasteiger partial charge in [0.2, 0.25) is 0 Å². The summed E-state index contributed by atoms with van der Waals surface area (Å²) in [6.45, 7) is 1.25. The van der Waals surface area contributed by atoms with Crippen LogP contribution in [0.15, 0.2) is 0 Å². The van der Waals surface area contributed by atoms with E-state index < -0.39 is 12.0 Å². The summed E-state index contributed by atoms with van der Waals surface area (Å²) >= 11 is 5.06. The van der Waals surface area contributed by atoms with Gasteiger partial charge in [0.1, 0.15) is 0 Å². The van der Waals surface area contributed by atoms with Crippen molar-refractivity contribution in [1.82, 2.24) is 4.84 Å².